The molecule has 10 heteroatoms. The van der Waals surface area contributed by atoms with Gasteiger partial charge in [-0.3, -0.25) is 4.79 Å². The predicted molar refractivity (Wildman–Crippen MR) is 127 cm³/mol. The van der Waals surface area contributed by atoms with Crippen LogP contribution in [0.1, 0.15) is 48.0 Å². The van der Waals surface area contributed by atoms with Crippen molar-refractivity contribution in [1.82, 2.24) is 10.0 Å². The van der Waals surface area contributed by atoms with Crippen molar-refractivity contribution in [3.05, 3.63) is 53.6 Å². The number of rotatable bonds is 10. The number of sulfonamides is 1. The van der Waals surface area contributed by atoms with Gasteiger partial charge in [-0.25, -0.2) is 17.9 Å². The van der Waals surface area contributed by atoms with Crippen LogP contribution in [0.3, 0.4) is 0 Å². The number of amides is 2. The minimum Gasteiger partial charge on any atom is -0.490 e. The third-order valence-corrected chi connectivity index (χ3v) is 6.87. The molecule has 2 aromatic rings. The molecule has 0 spiro atoms. The summed E-state index contributed by atoms with van der Waals surface area (Å²) in [6, 6.07) is 12.6. The maximum atomic E-state index is 12.7. The number of hydrogen-bond donors (Lipinski definition) is 4. The van der Waals surface area contributed by atoms with Gasteiger partial charge in [-0.05, 0) is 60.9 Å². The van der Waals surface area contributed by atoms with Gasteiger partial charge in [0.05, 0.1) is 24.0 Å². The van der Waals surface area contributed by atoms with E-state index in [9.17, 15) is 18.0 Å². The van der Waals surface area contributed by atoms with Crippen LogP contribution in [0.15, 0.2) is 42.5 Å². The van der Waals surface area contributed by atoms with E-state index in [1.165, 1.54) is 0 Å². The topological polar surface area (TPSA) is 142 Å². The molecule has 1 fully saturated rings. The molecule has 0 aliphatic heterocycles. The molecular weight excluding hydrogens is 460 g/mol. The SMILES string of the molecule is O=C(O)NCCc1ccc(-c2ccc(C(=O)NS(=O)(=O)CCO)c(OC3CCCCC3)c2)cc1. The van der Waals surface area contributed by atoms with Gasteiger partial charge in [0, 0.05) is 6.54 Å². The fourth-order valence-electron chi connectivity index (χ4n) is 3.89. The van der Waals surface area contributed by atoms with E-state index < -0.39 is 34.4 Å². The van der Waals surface area contributed by atoms with Crippen LogP contribution in [0, 0.1) is 0 Å². The number of carboxylic acid groups (broad SMARTS) is 1. The van der Waals surface area contributed by atoms with E-state index in [0.717, 1.165) is 48.8 Å². The highest BCUT2D eigenvalue weighted by molar-refractivity contribution is 7.90. The third-order valence-electron chi connectivity index (χ3n) is 5.66. The Morgan fingerprint density at radius 1 is 1.00 bits per heavy atom. The van der Waals surface area contributed by atoms with E-state index in [4.69, 9.17) is 14.9 Å². The molecule has 3 rings (SSSR count). The van der Waals surface area contributed by atoms with Crippen LogP contribution in [-0.4, -0.2) is 55.6 Å². The first-order valence-electron chi connectivity index (χ1n) is 11.3. The van der Waals surface area contributed by atoms with Crippen LogP contribution >= 0.6 is 0 Å². The lowest BCUT2D eigenvalue weighted by Gasteiger charge is -2.24. The van der Waals surface area contributed by atoms with E-state index in [2.05, 4.69) is 5.32 Å². The minimum atomic E-state index is -3.96. The molecule has 0 radical (unpaired) electrons. The molecule has 4 N–H and O–H groups in total. The van der Waals surface area contributed by atoms with Gasteiger partial charge < -0.3 is 20.3 Å². The molecule has 1 aliphatic carbocycles. The molecule has 1 aliphatic rings. The Bertz CT molecular complexity index is 1090. The Kier molecular flexibility index (Phi) is 8.89. The van der Waals surface area contributed by atoms with Crippen LogP contribution in [0.5, 0.6) is 5.75 Å². The van der Waals surface area contributed by atoms with Crippen molar-refractivity contribution in [2.75, 3.05) is 18.9 Å². The fourth-order valence-corrected chi connectivity index (χ4v) is 4.63. The van der Waals surface area contributed by atoms with Crippen LogP contribution < -0.4 is 14.8 Å². The molecule has 0 unspecified atom stereocenters. The zero-order valence-corrected chi connectivity index (χ0v) is 19.6. The Labute approximate surface area is 199 Å². The second kappa shape index (κ2) is 11.8. The smallest absolute Gasteiger partial charge is 0.404 e. The monoisotopic (exact) mass is 490 g/mol. The zero-order chi connectivity index (χ0) is 24.6. The quantitative estimate of drug-likeness (QED) is 0.401. The van der Waals surface area contributed by atoms with E-state index in [1.807, 2.05) is 29.0 Å². The molecule has 184 valence electrons. The van der Waals surface area contributed by atoms with Crippen molar-refractivity contribution in [1.29, 1.82) is 0 Å². The molecule has 0 aromatic heterocycles. The van der Waals surface area contributed by atoms with Gasteiger partial charge in [0.25, 0.3) is 5.91 Å². The van der Waals surface area contributed by atoms with Crippen molar-refractivity contribution >= 4 is 22.0 Å². The molecule has 9 nitrogen and oxygen atoms in total. The maximum Gasteiger partial charge on any atom is 0.404 e. The Morgan fingerprint density at radius 2 is 1.68 bits per heavy atom. The summed E-state index contributed by atoms with van der Waals surface area (Å²) in [5, 5.41) is 19.9. The molecule has 34 heavy (non-hydrogen) atoms. The average Bonchev–Trinajstić information content (AvgIpc) is 2.79. The lowest BCUT2D eigenvalue weighted by atomic mass is 9.97. The second-order valence-electron chi connectivity index (χ2n) is 8.24. The molecule has 0 heterocycles. The van der Waals surface area contributed by atoms with Crippen LogP contribution in [0.25, 0.3) is 11.1 Å². The first-order chi connectivity index (χ1) is 16.3. The highest BCUT2D eigenvalue weighted by Crippen LogP contribution is 2.31. The highest BCUT2D eigenvalue weighted by atomic mass is 32.2. The van der Waals surface area contributed by atoms with Gasteiger partial charge in [-0.15, -0.1) is 0 Å². The standard InChI is InChI=1S/C24H30N2O7S/c27-14-15-34(31,32)26-23(28)21-11-10-19(16-22(21)33-20-4-2-1-3-5-20)18-8-6-17(7-9-18)12-13-25-24(29)30/h6-11,16,20,25,27H,1-5,12-15H2,(H,26,28)(H,29,30). The van der Waals surface area contributed by atoms with Gasteiger partial charge in [0.2, 0.25) is 10.0 Å². The number of carbonyl (C=O) groups excluding carboxylic acids is 1. The molecule has 2 amide bonds. The van der Waals surface area contributed by atoms with Gasteiger partial charge in [-0.2, -0.15) is 0 Å². The lowest BCUT2D eigenvalue weighted by molar-refractivity contribution is 0.0969. The number of benzene rings is 2. The summed E-state index contributed by atoms with van der Waals surface area (Å²) >= 11 is 0. The Hall–Kier alpha value is -3.11. The van der Waals surface area contributed by atoms with Crippen molar-refractivity contribution in [2.24, 2.45) is 0 Å². The molecule has 0 bridgehead atoms. The number of aliphatic hydroxyl groups excluding tert-OH is 1. The highest BCUT2D eigenvalue weighted by Gasteiger charge is 2.22. The normalized spacial score (nSPS) is 14.4. The lowest BCUT2D eigenvalue weighted by Crippen LogP contribution is -2.34. The molecule has 1 saturated carbocycles. The number of hydrogen-bond acceptors (Lipinski definition) is 6. The minimum absolute atomic E-state index is 0.0475. The summed E-state index contributed by atoms with van der Waals surface area (Å²) in [6.07, 6.45) is 4.40. The summed E-state index contributed by atoms with van der Waals surface area (Å²) in [6.45, 7) is -0.271. The molecular formula is C24H30N2O7S. The summed E-state index contributed by atoms with van der Waals surface area (Å²) in [4.78, 5) is 23.3. The summed E-state index contributed by atoms with van der Waals surface area (Å²) in [5.74, 6) is -1.05. The van der Waals surface area contributed by atoms with Gasteiger partial charge >= 0.3 is 6.09 Å². The summed E-state index contributed by atoms with van der Waals surface area (Å²) in [7, 11) is -3.96. The van der Waals surface area contributed by atoms with Gasteiger partial charge in [0.1, 0.15) is 5.75 Å². The van der Waals surface area contributed by atoms with Crippen LogP contribution in [0.4, 0.5) is 4.79 Å². The van der Waals surface area contributed by atoms with E-state index in [1.54, 1.807) is 18.2 Å². The van der Waals surface area contributed by atoms with Crippen LogP contribution in [0.2, 0.25) is 0 Å². The van der Waals surface area contributed by atoms with Gasteiger partial charge in [-0.1, -0.05) is 36.8 Å². The summed E-state index contributed by atoms with van der Waals surface area (Å²) in [5.41, 5.74) is 2.77. The predicted octanol–water partition coefficient (Wildman–Crippen LogP) is 2.93. The maximum absolute atomic E-state index is 12.7. The van der Waals surface area contributed by atoms with Crippen molar-refractivity contribution in [2.45, 2.75) is 44.6 Å². The van der Waals surface area contributed by atoms with Crippen molar-refractivity contribution in [3.63, 3.8) is 0 Å². The number of aliphatic hydroxyl groups is 1. The van der Waals surface area contributed by atoms with Crippen LogP contribution in [-0.2, 0) is 16.4 Å². The zero-order valence-electron chi connectivity index (χ0n) is 18.8. The van der Waals surface area contributed by atoms with Crippen molar-refractivity contribution < 1.29 is 33.0 Å². The molecule has 0 atom stereocenters. The fraction of sp³-hybridized carbons (Fsp3) is 0.417. The first-order valence-corrected chi connectivity index (χ1v) is 12.9. The number of ether oxygens (including phenoxy) is 1. The summed E-state index contributed by atoms with van der Waals surface area (Å²) < 4.78 is 32.1. The number of nitrogens with one attached hydrogen (secondary N) is 2. The second-order valence-corrected chi connectivity index (χ2v) is 10.1. The Balaban J connectivity index is 1.84. The number of carbonyl (C=O) groups is 2. The first kappa shape index (κ1) is 25.5. The average molecular weight is 491 g/mol. The molecule has 2 aromatic carbocycles. The van der Waals surface area contributed by atoms with E-state index in [-0.39, 0.29) is 11.7 Å². The van der Waals surface area contributed by atoms with Gasteiger partial charge in [0.15, 0.2) is 0 Å². The third kappa shape index (κ3) is 7.46. The van der Waals surface area contributed by atoms with E-state index >= 15 is 0 Å². The Morgan fingerprint density at radius 3 is 2.32 bits per heavy atom. The largest absolute Gasteiger partial charge is 0.490 e. The molecule has 0 saturated heterocycles. The van der Waals surface area contributed by atoms with Crippen molar-refractivity contribution in [3.8, 4) is 16.9 Å². The van der Waals surface area contributed by atoms with E-state index in [0.29, 0.717) is 18.7 Å².